The molecule has 0 bridgehead atoms. The molecular weight excluding hydrogens is 264 g/mol. The van der Waals surface area contributed by atoms with E-state index in [0.717, 1.165) is 17.2 Å². The van der Waals surface area contributed by atoms with Crippen LogP contribution in [0.15, 0.2) is 29.8 Å². The van der Waals surface area contributed by atoms with E-state index in [9.17, 15) is 0 Å². The minimum atomic E-state index is 0.381. The van der Waals surface area contributed by atoms with Crippen molar-refractivity contribution in [2.45, 2.75) is 25.8 Å². The van der Waals surface area contributed by atoms with Crippen molar-refractivity contribution in [1.29, 1.82) is 0 Å². The van der Waals surface area contributed by atoms with Crippen molar-refractivity contribution in [3.8, 4) is 0 Å². The van der Waals surface area contributed by atoms with Crippen molar-refractivity contribution in [3.63, 3.8) is 0 Å². The lowest BCUT2D eigenvalue weighted by atomic mass is 10.1. The van der Waals surface area contributed by atoms with E-state index in [4.69, 9.17) is 11.6 Å². The number of hydrogen-bond acceptors (Lipinski definition) is 3. The highest BCUT2D eigenvalue weighted by atomic mass is 35.5. The standard InChI is InChI=1S/C14H15ClN2S/c1-9-7-11(14(15)16-8-9)17-13(10-4-5-10)12-3-2-6-18-12/h2-3,6-8,10,13,17H,4-5H2,1H3. The number of halogens is 1. The summed E-state index contributed by atoms with van der Waals surface area (Å²) in [5, 5.41) is 6.25. The summed E-state index contributed by atoms with van der Waals surface area (Å²) in [6.07, 6.45) is 4.39. The lowest BCUT2D eigenvalue weighted by Gasteiger charge is -2.19. The summed E-state index contributed by atoms with van der Waals surface area (Å²) in [6.45, 7) is 2.03. The Morgan fingerprint density at radius 1 is 1.50 bits per heavy atom. The molecule has 1 atom stereocenters. The molecule has 18 heavy (non-hydrogen) atoms. The zero-order chi connectivity index (χ0) is 12.5. The largest absolute Gasteiger partial charge is 0.375 e. The van der Waals surface area contributed by atoms with Gasteiger partial charge in [-0.2, -0.15) is 0 Å². The van der Waals surface area contributed by atoms with Crippen molar-refractivity contribution < 1.29 is 0 Å². The molecule has 94 valence electrons. The fourth-order valence-electron chi connectivity index (χ4n) is 2.14. The average Bonchev–Trinajstić information content (AvgIpc) is 3.05. The van der Waals surface area contributed by atoms with Gasteiger partial charge in [0, 0.05) is 11.1 Å². The number of nitrogens with one attached hydrogen (secondary N) is 1. The molecule has 0 radical (unpaired) electrons. The van der Waals surface area contributed by atoms with Crippen molar-refractivity contribution in [1.82, 2.24) is 4.98 Å². The predicted molar refractivity (Wildman–Crippen MR) is 77.4 cm³/mol. The number of hydrogen-bond donors (Lipinski definition) is 1. The molecule has 4 heteroatoms. The normalized spacial score (nSPS) is 16.6. The molecule has 2 aromatic heterocycles. The first-order valence-corrected chi connectivity index (χ1v) is 7.42. The molecule has 0 spiro atoms. The molecule has 1 N–H and O–H groups in total. The molecule has 0 saturated heterocycles. The zero-order valence-corrected chi connectivity index (χ0v) is 11.8. The maximum absolute atomic E-state index is 6.16. The Labute approximate surface area is 116 Å². The van der Waals surface area contributed by atoms with Crippen LogP contribution in [0.4, 0.5) is 5.69 Å². The van der Waals surface area contributed by atoms with Crippen LogP contribution in [0.3, 0.4) is 0 Å². The first-order chi connectivity index (χ1) is 8.74. The first kappa shape index (κ1) is 12.0. The molecule has 1 saturated carbocycles. The molecule has 0 aliphatic heterocycles. The van der Waals surface area contributed by atoms with Gasteiger partial charge in [0.2, 0.25) is 0 Å². The molecule has 2 heterocycles. The van der Waals surface area contributed by atoms with Crippen LogP contribution in [-0.2, 0) is 0 Å². The minimum absolute atomic E-state index is 0.381. The van der Waals surface area contributed by atoms with Crippen LogP contribution < -0.4 is 5.32 Å². The summed E-state index contributed by atoms with van der Waals surface area (Å²) in [4.78, 5) is 5.58. The number of aromatic nitrogens is 1. The first-order valence-electron chi connectivity index (χ1n) is 6.16. The Hall–Kier alpha value is -1.06. The maximum Gasteiger partial charge on any atom is 0.152 e. The van der Waals surface area contributed by atoms with E-state index in [-0.39, 0.29) is 0 Å². The summed E-state index contributed by atoms with van der Waals surface area (Å²) in [5.74, 6) is 0.736. The highest BCUT2D eigenvalue weighted by Gasteiger charge is 2.33. The van der Waals surface area contributed by atoms with Gasteiger partial charge >= 0.3 is 0 Å². The lowest BCUT2D eigenvalue weighted by Crippen LogP contribution is -2.12. The van der Waals surface area contributed by atoms with Crippen LogP contribution in [-0.4, -0.2) is 4.98 Å². The van der Waals surface area contributed by atoms with Crippen molar-refractivity contribution in [3.05, 3.63) is 45.4 Å². The molecule has 0 amide bonds. The highest BCUT2D eigenvalue weighted by Crippen LogP contribution is 2.44. The Kier molecular flexibility index (Phi) is 3.27. The van der Waals surface area contributed by atoms with E-state index in [1.807, 2.05) is 6.92 Å². The fourth-order valence-corrected chi connectivity index (χ4v) is 3.17. The number of thiophene rings is 1. The second-order valence-corrected chi connectivity index (χ2v) is 6.16. The summed E-state index contributed by atoms with van der Waals surface area (Å²) in [7, 11) is 0. The molecule has 1 aliphatic rings. The number of anilines is 1. The Bertz CT molecular complexity index is 535. The Morgan fingerprint density at radius 3 is 3.00 bits per heavy atom. The Morgan fingerprint density at radius 2 is 2.33 bits per heavy atom. The van der Waals surface area contributed by atoms with Gasteiger partial charge in [-0.15, -0.1) is 11.3 Å². The van der Waals surface area contributed by atoms with Gasteiger partial charge in [-0.1, -0.05) is 17.7 Å². The van der Waals surface area contributed by atoms with Crippen molar-refractivity contribution >= 4 is 28.6 Å². The third kappa shape index (κ3) is 2.52. The molecule has 0 aromatic carbocycles. The fraction of sp³-hybridized carbons (Fsp3) is 0.357. The number of rotatable bonds is 4. The van der Waals surface area contributed by atoms with Crippen LogP contribution in [0.2, 0.25) is 5.15 Å². The summed E-state index contributed by atoms with van der Waals surface area (Å²) in [5.41, 5.74) is 2.07. The third-order valence-electron chi connectivity index (χ3n) is 3.23. The molecular formula is C14H15ClN2S. The van der Waals surface area contributed by atoms with E-state index in [1.165, 1.54) is 17.7 Å². The molecule has 1 aliphatic carbocycles. The van der Waals surface area contributed by atoms with E-state index >= 15 is 0 Å². The minimum Gasteiger partial charge on any atom is -0.375 e. The quantitative estimate of drug-likeness (QED) is 0.822. The lowest BCUT2D eigenvalue weighted by molar-refractivity contribution is 0.690. The molecule has 3 rings (SSSR count). The van der Waals surface area contributed by atoms with E-state index in [1.54, 1.807) is 17.5 Å². The molecule has 2 nitrogen and oxygen atoms in total. The van der Waals surface area contributed by atoms with Gasteiger partial charge in [-0.05, 0) is 48.8 Å². The van der Waals surface area contributed by atoms with Gasteiger partial charge in [-0.3, -0.25) is 0 Å². The highest BCUT2D eigenvalue weighted by molar-refractivity contribution is 7.10. The number of aryl methyl sites for hydroxylation is 1. The summed E-state index contributed by atoms with van der Waals surface area (Å²) >= 11 is 7.96. The van der Waals surface area contributed by atoms with Gasteiger partial charge in [0.15, 0.2) is 5.15 Å². The second kappa shape index (κ2) is 4.90. The summed E-state index contributed by atoms with van der Waals surface area (Å²) < 4.78 is 0. The van der Waals surface area contributed by atoms with Crippen LogP contribution in [0.1, 0.15) is 29.3 Å². The number of pyridine rings is 1. The van der Waals surface area contributed by atoms with E-state index < -0.39 is 0 Å². The molecule has 1 unspecified atom stereocenters. The van der Waals surface area contributed by atoms with Gasteiger partial charge < -0.3 is 5.32 Å². The SMILES string of the molecule is Cc1cnc(Cl)c(NC(c2cccs2)C2CC2)c1. The van der Waals surface area contributed by atoms with Crippen LogP contribution in [0.25, 0.3) is 0 Å². The van der Waals surface area contributed by atoms with Gasteiger partial charge in [0.1, 0.15) is 0 Å². The topological polar surface area (TPSA) is 24.9 Å². The van der Waals surface area contributed by atoms with E-state index in [2.05, 4.69) is 33.9 Å². The second-order valence-electron chi connectivity index (χ2n) is 4.83. The van der Waals surface area contributed by atoms with Gasteiger partial charge in [0.25, 0.3) is 0 Å². The number of nitrogens with zero attached hydrogens (tertiary/aromatic N) is 1. The molecule has 2 aromatic rings. The van der Waals surface area contributed by atoms with Crippen LogP contribution >= 0.6 is 22.9 Å². The predicted octanol–water partition coefficient (Wildman–Crippen LogP) is 4.67. The molecule has 1 fully saturated rings. The van der Waals surface area contributed by atoms with E-state index in [0.29, 0.717) is 11.2 Å². The van der Waals surface area contributed by atoms with Crippen molar-refractivity contribution in [2.24, 2.45) is 5.92 Å². The third-order valence-corrected chi connectivity index (χ3v) is 4.49. The monoisotopic (exact) mass is 278 g/mol. The zero-order valence-electron chi connectivity index (χ0n) is 10.2. The average molecular weight is 279 g/mol. The van der Waals surface area contributed by atoms with Gasteiger partial charge in [-0.25, -0.2) is 4.98 Å². The van der Waals surface area contributed by atoms with Crippen LogP contribution in [0.5, 0.6) is 0 Å². The van der Waals surface area contributed by atoms with Crippen molar-refractivity contribution in [2.75, 3.05) is 5.32 Å². The van der Waals surface area contributed by atoms with Gasteiger partial charge in [0.05, 0.1) is 11.7 Å². The maximum atomic E-state index is 6.16. The Balaban J connectivity index is 1.86. The summed E-state index contributed by atoms with van der Waals surface area (Å²) in [6, 6.07) is 6.74. The van der Waals surface area contributed by atoms with Crippen LogP contribution in [0, 0.1) is 12.8 Å². The smallest absolute Gasteiger partial charge is 0.152 e.